The van der Waals surface area contributed by atoms with Gasteiger partial charge >= 0.3 is 7.25 Å². The molecule has 1 heterocycles. The Bertz CT molecular complexity index is 695. The molecule has 1 aliphatic heterocycles. The van der Waals surface area contributed by atoms with Crippen LogP contribution in [-0.4, -0.2) is 7.25 Å². The maximum absolute atomic E-state index is 9.75. The molecule has 0 radical (unpaired) electrons. The van der Waals surface area contributed by atoms with E-state index >= 15 is 0 Å². The Kier molecular flexibility index (Phi) is 8.83. The first-order chi connectivity index (χ1) is 12.9. The lowest BCUT2D eigenvalue weighted by atomic mass is 10.2. The van der Waals surface area contributed by atoms with Crippen LogP contribution in [0.25, 0.3) is 0 Å². The second kappa shape index (κ2) is 10.9. The van der Waals surface area contributed by atoms with Gasteiger partial charge in [0, 0.05) is 0 Å². The van der Waals surface area contributed by atoms with Crippen molar-refractivity contribution >= 4 is 29.9 Å². The van der Waals surface area contributed by atoms with Crippen LogP contribution < -0.4 is 0 Å². The van der Waals surface area contributed by atoms with Crippen LogP contribution in [0.5, 0.6) is 0 Å². The van der Waals surface area contributed by atoms with E-state index in [1.165, 1.54) is 51.7 Å². The molecule has 0 spiro atoms. The predicted molar refractivity (Wildman–Crippen MR) is 109 cm³/mol. The molecule has 0 unspecified atom stereocenters. The van der Waals surface area contributed by atoms with Crippen LogP contribution in [0.3, 0.4) is 0 Å². The molecule has 0 aromatic heterocycles. The molecular weight excluding hydrogens is 391 g/mol. The average Bonchev–Trinajstić information content (AvgIpc) is 2.62. The lowest BCUT2D eigenvalue weighted by Gasteiger charge is -2.16. The standard InChI is InChI=1S/C20H23S2.BF4/c1-2-3-4-5-6-11-16-22-19-14-9-7-12-17(19)21-18-13-8-10-15-20(18)22;2-1(3,4)5/h7-16H,2-6H2,1H3;/q+1;-1. The summed E-state index contributed by atoms with van der Waals surface area (Å²) in [5.41, 5.74) is 0. The van der Waals surface area contributed by atoms with E-state index in [1.54, 1.807) is 0 Å². The van der Waals surface area contributed by atoms with Crippen LogP contribution in [0.1, 0.15) is 39.0 Å². The summed E-state index contributed by atoms with van der Waals surface area (Å²) in [6.07, 6.45) is 8.97. The summed E-state index contributed by atoms with van der Waals surface area (Å²) >= 11 is 1.91. The zero-order valence-electron chi connectivity index (χ0n) is 15.2. The Labute approximate surface area is 165 Å². The molecular formula is C20H23BF4S2. The van der Waals surface area contributed by atoms with Gasteiger partial charge in [0.15, 0.2) is 9.79 Å². The highest BCUT2D eigenvalue weighted by Gasteiger charge is 2.33. The molecule has 146 valence electrons. The number of halogens is 4. The number of hydrogen-bond donors (Lipinski definition) is 0. The Morgan fingerprint density at radius 3 is 1.89 bits per heavy atom. The van der Waals surface area contributed by atoms with Gasteiger partial charge in [0.2, 0.25) is 0 Å². The van der Waals surface area contributed by atoms with Crippen LogP contribution >= 0.6 is 11.8 Å². The largest absolute Gasteiger partial charge is 0.673 e. The highest BCUT2D eigenvalue weighted by atomic mass is 32.2. The number of fused-ring (bicyclic) bond motifs is 2. The molecule has 0 amide bonds. The highest BCUT2D eigenvalue weighted by molar-refractivity contribution is 8.05. The minimum atomic E-state index is -6.00. The van der Waals surface area contributed by atoms with Crippen LogP contribution in [0.4, 0.5) is 17.3 Å². The van der Waals surface area contributed by atoms with Crippen molar-refractivity contribution in [2.24, 2.45) is 0 Å². The normalized spacial score (nSPS) is 13.7. The number of allylic oxidation sites excluding steroid dienone is 1. The molecule has 0 aliphatic carbocycles. The molecule has 0 saturated heterocycles. The van der Waals surface area contributed by atoms with Gasteiger partial charge in [0.25, 0.3) is 0 Å². The Balaban J connectivity index is 0.000000465. The van der Waals surface area contributed by atoms with Gasteiger partial charge in [0.05, 0.1) is 20.7 Å². The summed E-state index contributed by atoms with van der Waals surface area (Å²) in [6, 6.07) is 17.7. The summed E-state index contributed by atoms with van der Waals surface area (Å²) in [4.78, 5) is 5.80. The molecule has 0 bridgehead atoms. The summed E-state index contributed by atoms with van der Waals surface area (Å²) < 4.78 is 39.0. The summed E-state index contributed by atoms with van der Waals surface area (Å²) in [5, 5.41) is 2.45. The van der Waals surface area contributed by atoms with Crippen LogP contribution in [-0.2, 0) is 10.9 Å². The van der Waals surface area contributed by atoms with E-state index in [0.717, 1.165) is 0 Å². The van der Waals surface area contributed by atoms with E-state index in [1.807, 2.05) is 11.8 Å². The van der Waals surface area contributed by atoms with E-state index < -0.39 is 7.25 Å². The van der Waals surface area contributed by atoms with E-state index in [4.69, 9.17) is 0 Å². The van der Waals surface area contributed by atoms with Crippen molar-refractivity contribution in [2.45, 2.75) is 58.6 Å². The van der Waals surface area contributed by atoms with Crippen molar-refractivity contribution in [3.63, 3.8) is 0 Å². The van der Waals surface area contributed by atoms with Gasteiger partial charge in [-0.05, 0) is 43.2 Å². The topological polar surface area (TPSA) is 0 Å². The Morgan fingerprint density at radius 1 is 0.852 bits per heavy atom. The first-order valence-electron chi connectivity index (χ1n) is 9.03. The fourth-order valence-corrected chi connectivity index (χ4v) is 6.20. The van der Waals surface area contributed by atoms with Crippen molar-refractivity contribution in [1.29, 1.82) is 0 Å². The monoisotopic (exact) mass is 414 g/mol. The fourth-order valence-electron chi connectivity index (χ4n) is 2.67. The molecule has 0 fully saturated rings. The summed E-state index contributed by atoms with van der Waals surface area (Å²) in [6.45, 7) is 2.27. The Hall–Kier alpha value is -1.34. The smallest absolute Gasteiger partial charge is 0.418 e. The molecule has 0 saturated carbocycles. The van der Waals surface area contributed by atoms with Crippen LogP contribution in [0.15, 0.2) is 79.6 Å². The maximum atomic E-state index is 9.75. The van der Waals surface area contributed by atoms with Gasteiger partial charge in [-0.25, -0.2) is 0 Å². The van der Waals surface area contributed by atoms with E-state index in [9.17, 15) is 17.3 Å². The number of rotatable bonds is 6. The van der Waals surface area contributed by atoms with Gasteiger partial charge in [-0.15, -0.1) is 0 Å². The molecule has 3 rings (SSSR count). The van der Waals surface area contributed by atoms with Crippen molar-refractivity contribution in [3.8, 4) is 0 Å². The molecule has 0 atom stereocenters. The predicted octanol–water partition coefficient (Wildman–Crippen LogP) is 7.97. The van der Waals surface area contributed by atoms with Crippen molar-refractivity contribution in [3.05, 3.63) is 60.0 Å². The molecule has 2 aromatic rings. The average molecular weight is 414 g/mol. The van der Waals surface area contributed by atoms with Gasteiger partial charge in [-0.2, -0.15) is 0 Å². The first kappa shape index (κ1) is 22.0. The minimum Gasteiger partial charge on any atom is -0.418 e. The third-order valence-corrected chi connectivity index (χ3v) is 7.38. The van der Waals surface area contributed by atoms with E-state index in [0.29, 0.717) is 0 Å². The quantitative estimate of drug-likeness (QED) is 0.200. The molecule has 0 nitrogen and oxygen atoms in total. The lowest BCUT2D eigenvalue weighted by molar-refractivity contribution is 0.368. The van der Waals surface area contributed by atoms with E-state index in [2.05, 4.69) is 66.9 Å². The fraction of sp³-hybridized carbons (Fsp3) is 0.300. The van der Waals surface area contributed by atoms with Gasteiger partial charge in [-0.1, -0.05) is 62.2 Å². The zero-order chi connectivity index (χ0) is 19.7. The second-order valence-electron chi connectivity index (χ2n) is 6.05. The second-order valence-corrected chi connectivity index (χ2v) is 8.96. The SMILES string of the molecule is CCCCCCC=C[S+]1c2ccccc2Sc2ccccc21.F[B-](F)(F)F. The first-order valence-corrected chi connectivity index (χ1v) is 11.1. The molecule has 27 heavy (non-hydrogen) atoms. The van der Waals surface area contributed by atoms with Gasteiger partial charge in [-0.3, -0.25) is 0 Å². The lowest BCUT2D eigenvalue weighted by Crippen LogP contribution is -2.07. The van der Waals surface area contributed by atoms with Crippen LogP contribution in [0, 0.1) is 0 Å². The molecule has 7 heteroatoms. The number of hydrogen-bond acceptors (Lipinski definition) is 1. The minimum absolute atomic E-state index is 0.0969. The summed E-state index contributed by atoms with van der Waals surface area (Å²) in [7, 11) is -5.90. The Morgan fingerprint density at radius 2 is 1.37 bits per heavy atom. The van der Waals surface area contributed by atoms with Crippen molar-refractivity contribution in [2.75, 3.05) is 0 Å². The van der Waals surface area contributed by atoms with E-state index in [-0.39, 0.29) is 10.9 Å². The number of unbranched alkanes of at least 4 members (excludes halogenated alkanes) is 4. The number of benzene rings is 2. The zero-order valence-corrected chi connectivity index (χ0v) is 16.8. The molecule has 0 N–H and O–H groups in total. The van der Waals surface area contributed by atoms with Crippen LogP contribution in [0.2, 0.25) is 0 Å². The summed E-state index contributed by atoms with van der Waals surface area (Å²) in [5.74, 6) is 0. The van der Waals surface area contributed by atoms with Gasteiger partial charge < -0.3 is 17.3 Å². The maximum Gasteiger partial charge on any atom is 0.673 e. The third kappa shape index (κ3) is 7.66. The van der Waals surface area contributed by atoms with Crippen molar-refractivity contribution < 1.29 is 17.3 Å². The highest BCUT2D eigenvalue weighted by Crippen LogP contribution is 2.45. The van der Waals surface area contributed by atoms with Gasteiger partial charge in [0.1, 0.15) is 5.41 Å². The molecule has 2 aromatic carbocycles. The van der Waals surface area contributed by atoms with Crippen molar-refractivity contribution in [1.82, 2.24) is 0 Å². The molecule has 1 aliphatic rings. The third-order valence-electron chi connectivity index (χ3n) is 3.85.